The molecule has 2 aromatic carbocycles. The summed E-state index contributed by atoms with van der Waals surface area (Å²) in [6, 6.07) is 16.1. The summed E-state index contributed by atoms with van der Waals surface area (Å²) < 4.78 is 0. The third-order valence-electron chi connectivity index (χ3n) is 5.58. The van der Waals surface area contributed by atoms with E-state index in [-0.39, 0.29) is 18.2 Å². The third kappa shape index (κ3) is 5.00. The Balaban J connectivity index is 1.73. The van der Waals surface area contributed by atoms with Crippen molar-refractivity contribution < 1.29 is 9.59 Å². The molecule has 0 aromatic heterocycles. The average molecular weight is 379 g/mol. The number of primary amides is 1. The number of carbonyl (C=O) groups excluding carboxylic acids is 2. The molecule has 28 heavy (non-hydrogen) atoms. The molecule has 0 spiro atoms. The zero-order chi connectivity index (χ0) is 19.9. The molecule has 2 aromatic rings. The van der Waals surface area contributed by atoms with E-state index in [0.29, 0.717) is 6.04 Å². The molecule has 1 aliphatic carbocycles. The standard InChI is InChI=1S/C24H30N2O2/c1-2-3-16-26(22-6-4-5-7-22)24(28)21-14-12-20(13-15-21)19-10-8-18(9-11-19)17-23(25)27/h8-15,22H,2-7,16-17H2,1H3,(H2,25,27). The van der Waals surface area contributed by atoms with E-state index < -0.39 is 0 Å². The highest BCUT2D eigenvalue weighted by atomic mass is 16.2. The molecule has 0 unspecified atom stereocenters. The van der Waals surface area contributed by atoms with Crippen LogP contribution in [-0.2, 0) is 11.2 Å². The number of rotatable bonds is 8. The van der Waals surface area contributed by atoms with Gasteiger partial charge < -0.3 is 10.6 Å². The first kappa shape index (κ1) is 20.1. The van der Waals surface area contributed by atoms with Crippen LogP contribution in [0.25, 0.3) is 11.1 Å². The molecule has 4 nitrogen and oxygen atoms in total. The van der Waals surface area contributed by atoms with E-state index in [9.17, 15) is 9.59 Å². The molecule has 0 heterocycles. The average Bonchev–Trinajstić information content (AvgIpc) is 3.23. The van der Waals surface area contributed by atoms with Crippen molar-refractivity contribution in [1.82, 2.24) is 4.90 Å². The molecule has 0 atom stereocenters. The molecule has 0 radical (unpaired) electrons. The molecule has 1 aliphatic rings. The van der Waals surface area contributed by atoms with E-state index in [1.165, 1.54) is 12.8 Å². The summed E-state index contributed by atoms with van der Waals surface area (Å²) >= 11 is 0. The Morgan fingerprint density at radius 1 is 0.964 bits per heavy atom. The van der Waals surface area contributed by atoms with E-state index in [4.69, 9.17) is 5.73 Å². The summed E-state index contributed by atoms with van der Waals surface area (Å²) in [6.07, 6.45) is 7.12. The highest BCUT2D eigenvalue weighted by Crippen LogP contribution is 2.26. The van der Waals surface area contributed by atoms with Crippen molar-refractivity contribution in [3.05, 3.63) is 59.7 Å². The summed E-state index contributed by atoms with van der Waals surface area (Å²) in [6.45, 7) is 3.02. The van der Waals surface area contributed by atoms with Crippen LogP contribution in [0, 0.1) is 0 Å². The van der Waals surface area contributed by atoms with Gasteiger partial charge in [-0.15, -0.1) is 0 Å². The Bertz CT molecular complexity index is 790. The zero-order valence-electron chi connectivity index (χ0n) is 16.7. The van der Waals surface area contributed by atoms with Gasteiger partial charge in [0.1, 0.15) is 0 Å². The van der Waals surface area contributed by atoms with Gasteiger partial charge >= 0.3 is 0 Å². The van der Waals surface area contributed by atoms with Crippen LogP contribution < -0.4 is 5.73 Å². The maximum Gasteiger partial charge on any atom is 0.254 e. The molecule has 0 aliphatic heterocycles. The number of benzene rings is 2. The predicted octanol–water partition coefficient (Wildman–Crippen LogP) is 4.57. The summed E-state index contributed by atoms with van der Waals surface area (Å²) in [7, 11) is 0. The van der Waals surface area contributed by atoms with Gasteiger partial charge in [0.2, 0.25) is 5.91 Å². The SMILES string of the molecule is CCCCN(C(=O)c1ccc(-c2ccc(CC(N)=O)cc2)cc1)C1CCCC1. The van der Waals surface area contributed by atoms with Gasteiger partial charge in [0.15, 0.2) is 0 Å². The Hall–Kier alpha value is -2.62. The minimum Gasteiger partial charge on any atom is -0.369 e. The summed E-state index contributed by atoms with van der Waals surface area (Å²) in [4.78, 5) is 26.2. The molecule has 0 saturated heterocycles. The second-order valence-corrected chi connectivity index (χ2v) is 7.71. The quantitative estimate of drug-likeness (QED) is 0.731. The molecule has 1 saturated carbocycles. The van der Waals surface area contributed by atoms with Crippen molar-refractivity contribution in [2.45, 2.75) is 57.9 Å². The second-order valence-electron chi connectivity index (χ2n) is 7.71. The number of nitrogens with two attached hydrogens (primary N) is 1. The lowest BCUT2D eigenvalue weighted by molar-refractivity contribution is -0.117. The van der Waals surface area contributed by atoms with Crippen molar-refractivity contribution in [2.75, 3.05) is 6.54 Å². The van der Waals surface area contributed by atoms with Crippen LogP contribution in [-0.4, -0.2) is 29.3 Å². The highest BCUT2D eigenvalue weighted by molar-refractivity contribution is 5.95. The molecule has 2 amide bonds. The molecular formula is C24H30N2O2. The van der Waals surface area contributed by atoms with E-state index in [0.717, 1.165) is 54.5 Å². The van der Waals surface area contributed by atoms with Crippen molar-refractivity contribution in [1.29, 1.82) is 0 Å². The lowest BCUT2D eigenvalue weighted by Gasteiger charge is -2.29. The van der Waals surface area contributed by atoms with E-state index >= 15 is 0 Å². The number of unbranched alkanes of at least 4 members (excludes halogenated alkanes) is 1. The normalized spacial score (nSPS) is 14.2. The van der Waals surface area contributed by atoms with Crippen molar-refractivity contribution in [3.8, 4) is 11.1 Å². The van der Waals surface area contributed by atoms with Gasteiger partial charge in [-0.2, -0.15) is 0 Å². The van der Waals surface area contributed by atoms with E-state index in [1.807, 2.05) is 48.5 Å². The third-order valence-corrected chi connectivity index (χ3v) is 5.58. The summed E-state index contributed by atoms with van der Waals surface area (Å²) in [5.41, 5.74) is 9.03. The lowest BCUT2D eigenvalue weighted by Crippen LogP contribution is -2.39. The fourth-order valence-electron chi connectivity index (χ4n) is 3.98. The minimum absolute atomic E-state index is 0.156. The topological polar surface area (TPSA) is 63.4 Å². The van der Waals surface area contributed by atoms with E-state index in [1.54, 1.807) is 0 Å². The molecule has 0 bridgehead atoms. The molecule has 3 rings (SSSR count). The Kier molecular flexibility index (Phi) is 6.85. The second kappa shape index (κ2) is 9.54. The van der Waals surface area contributed by atoms with Gasteiger partial charge in [-0.1, -0.05) is 62.6 Å². The molecular weight excluding hydrogens is 348 g/mol. The number of carbonyl (C=O) groups is 2. The van der Waals surface area contributed by atoms with E-state index in [2.05, 4.69) is 11.8 Å². The number of nitrogens with zero attached hydrogens (tertiary/aromatic N) is 1. The Labute approximate surface area is 167 Å². The fourth-order valence-corrected chi connectivity index (χ4v) is 3.98. The van der Waals surface area contributed by atoms with Gasteiger partial charge in [0, 0.05) is 18.2 Å². The smallest absolute Gasteiger partial charge is 0.254 e. The van der Waals surface area contributed by atoms with Gasteiger partial charge in [0.05, 0.1) is 6.42 Å². The number of hydrogen-bond donors (Lipinski definition) is 1. The summed E-state index contributed by atoms with van der Waals surface area (Å²) in [5, 5.41) is 0. The first-order chi connectivity index (χ1) is 13.6. The van der Waals surface area contributed by atoms with Crippen LogP contribution in [0.2, 0.25) is 0 Å². The zero-order valence-corrected chi connectivity index (χ0v) is 16.7. The molecule has 4 heteroatoms. The van der Waals surface area contributed by atoms with Gasteiger partial charge in [-0.3, -0.25) is 9.59 Å². The Morgan fingerprint density at radius 3 is 2.07 bits per heavy atom. The van der Waals surface area contributed by atoms with Gasteiger partial charge in [-0.25, -0.2) is 0 Å². The van der Waals surface area contributed by atoms with Crippen molar-refractivity contribution in [2.24, 2.45) is 5.73 Å². The van der Waals surface area contributed by atoms with Crippen LogP contribution in [0.15, 0.2) is 48.5 Å². The monoisotopic (exact) mass is 378 g/mol. The highest BCUT2D eigenvalue weighted by Gasteiger charge is 2.26. The largest absolute Gasteiger partial charge is 0.369 e. The fraction of sp³-hybridized carbons (Fsp3) is 0.417. The lowest BCUT2D eigenvalue weighted by atomic mass is 10.0. The number of amides is 2. The van der Waals surface area contributed by atoms with Gasteiger partial charge in [-0.05, 0) is 48.1 Å². The minimum atomic E-state index is -0.328. The van der Waals surface area contributed by atoms with Crippen LogP contribution in [0.4, 0.5) is 0 Å². The number of hydrogen-bond acceptors (Lipinski definition) is 2. The maximum absolute atomic E-state index is 13.1. The van der Waals surface area contributed by atoms with Crippen molar-refractivity contribution >= 4 is 11.8 Å². The van der Waals surface area contributed by atoms with Crippen LogP contribution >= 0.6 is 0 Å². The first-order valence-electron chi connectivity index (χ1n) is 10.4. The van der Waals surface area contributed by atoms with Gasteiger partial charge in [0.25, 0.3) is 5.91 Å². The predicted molar refractivity (Wildman–Crippen MR) is 113 cm³/mol. The van der Waals surface area contributed by atoms with Crippen LogP contribution in [0.3, 0.4) is 0 Å². The molecule has 2 N–H and O–H groups in total. The molecule has 1 fully saturated rings. The van der Waals surface area contributed by atoms with Crippen molar-refractivity contribution in [3.63, 3.8) is 0 Å². The Morgan fingerprint density at radius 2 is 1.54 bits per heavy atom. The molecule has 148 valence electrons. The maximum atomic E-state index is 13.1. The van der Waals surface area contributed by atoms with Crippen LogP contribution in [0.1, 0.15) is 61.4 Å². The summed E-state index contributed by atoms with van der Waals surface area (Å²) in [5.74, 6) is -0.172. The van der Waals surface area contributed by atoms with Crippen LogP contribution in [0.5, 0.6) is 0 Å². The first-order valence-corrected chi connectivity index (χ1v) is 10.4.